The Labute approximate surface area is 116 Å². The fourth-order valence-corrected chi connectivity index (χ4v) is 2.14. The van der Waals surface area contributed by atoms with E-state index in [-0.39, 0.29) is 17.7 Å². The van der Waals surface area contributed by atoms with E-state index in [1.807, 2.05) is 12.1 Å². The van der Waals surface area contributed by atoms with Crippen LogP contribution < -0.4 is 10.6 Å². The second kappa shape index (κ2) is 7.38. The number of benzene rings is 1. The molecular formula is C13H19BrN2O2. The summed E-state index contributed by atoms with van der Waals surface area (Å²) < 4.78 is 0.942. The third kappa shape index (κ3) is 4.66. The van der Waals surface area contributed by atoms with Crippen molar-refractivity contribution in [3.05, 3.63) is 28.2 Å². The van der Waals surface area contributed by atoms with E-state index >= 15 is 0 Å². The molecule has 100 valence electrons. The molecule has 0 radical (unpaired) electrons. The third-order valence-electron chi connectivity index (χ3n) is 2.66. The zero-order valence-corrected chi connectivity index (χ0v) is 12.3. The van der Waals surface area contributed by atoms with Crippen LogP contribution in [0.15, 0.2) is 22.7 Å². The summed E-state index contributed by atoms with van der Waals surface area (Å²) in [5.74, 6) is 0.257. The number of nitrogens with one attached hydrogen (secondary N) is 2. The molecule has 0 aliphatic heterocycles. The average molecular weight is 315 g/mol. The largest absolute Gasteiger partial charge is 0.508 e. The number of halogens is 1. The standard InChI is InChI=1S/C13H19BrN2O2/c1-3-12(16-7-6-15-9(2)17)11-8-10(14)4-5-13(11)18/h4-5,8,12,16,18H,3,6-7H2,1-2H3,(H,15,17). The first-order chi connectivity index (χ1) is 8.54. The second-order valence-corrected chi connectivity index (χ2v) is 5.02. The lowest BCUT2D eigenvalue weighted by Gasteiger charge is -2.19. The van der Waals surface area contributed by atoms with Crippen molar-refractivity contribution in [2.24, 2.45) is 0 Å². The summed E-state index contributed by atoms with van der Waals surface area (Å²) in [5, 5.41) is 15.9. The number of carbonyl (C=O) groups excluding carboxylic acids is 1. The van der Waals surface area contributed by atoms with E-state index in [0.717, 1.165) is 16.5 Å². The second-order valence-electron chi connectivity index (χ2n) is 4.10. The molecule has 0 saturated heterocycles. The summed E-state index contributed by atoms with van der Waals surface area (Å²) in [7, 11) is 0. The summed E-state index contributed by atoms with van der Waals surface area (Å²) in [6, 6.07) is 5.48. The van der Waals surface area contributed by atoms with Crippen molar-refractivity contribution >= 4 is 21.8 Å². The Morgan fingerprint density at radius 2 is 2.17 bits per heavy atom. The maximum Gasteiger partial charge on any atom is 0.216 e. The van der Waals surface area contributed by atoms with Crippen LogP contribution in [-0.2, 0) is 4.79 Å². The highest BCUT2D eigenvalue weighted by atomic mass is 79.9. The van der Waals surface area contributed by atoms with Crippen molar-refractivity contribution in [1.82, 2.24) is 10.6 Å². The van der Waals surface area contributed by atoms with Crippen LogP contribution in [0.3, 0.4) is 0 Å². The molecular weight excluding hydrogens is 296 g/mol. The highest BCUT2D eigenvalue weighted by Crippen LogP contribution is 2.29. The molecule has 0 heterocycles. The van der Waals surface area contributed by atoms with Crippen molar-refractivity contribution in [3.63, 3.8) is 0 Å². The number of rotatable bonds is 6. The zero-order valence-electron chi connectivity index (χ0n) is 10.7. The van der Waals surface area contributed by atoms with Crippen LogP contribution in [-0.4, -0.2) is 24.1 Å². The van der Waals surface area contributed by atoms with Gasteiger partial charge >= 0.3 is 0 Å². The SMILES string of the molecule is CCC(NCCNC(C)=O)c1cc(Br)ccc1O. The molecule has 0 aliphatic carbocycles. The number of amides is 1. The molecule has 0 aliphatic rings. The molecule has 1 amide bonds. The molecule has 1 rings (SSSR count). The highest BCUT2D eigenvalue weighted by Gasteiger charge is 2.13. The minimum atomic E-state index is -0.0323. The fraction of sp³-hybridized carbons (Fsp3) is 0.462. The first-order valence-electron chi connectivity index (χ1n) is 6.00. The van der Waals surface area contributed by atoms with Gasteiger partial charge in [0.1, 0.15) is 5.75 Å². The van der Waals surface area contributed by atoms with E-state index in [1.54, 1.807) is 6.07 Å². The maximum absolute atomic E-state index is 10.7. The highest BCUT2D eigenvalue weighted by molar-refractivity contribution is 9.10. The van der Waals surface area contributed by atoms with Gasteiger partial charge in [-0.25, -0.2) is 0 Å². The summed E-state index contributed by atoms with van der Waals surface area (Å²) in [6.07, 6.45) is 0.865. The lowest BCUT2D eigenvalue weighted by atomic mass is 10.0. The van der Waals surface area contributed by atoms with Crippen LogP contribution >= 0.6 is 15.9 Å². The lowest BCUT2D eigenvalue weighted by molar-refractivity contribution is -0.118. The average Bonchev–Trinajstić information content (AvgIpc) is 2.33. The monoisotopic (exact) mass is 314 g/mol. The molecule has 0 saturated carbocycles. The summed E-state index contributed by atoms with van der Waals surface area (Å²) >= 11 is 3.40. The Hall–Kier alpha value is -1.07. The zero-order chi connectivity index (χ0) is 13.5. The lowest BCUT2D eigenvalue weighted by Crippen LogP contribution is -2.32. The third-order valence-corrected chi connectivity index (χ3v) is 3.16. The van der Waals surface area contributed by atoms with Crippen LogP contribution in [0.25, 0.3) is 0 Å². The normalized spacial score (nSPS) is 12.2. The molecule has 3 N–H and O–H groups in total. The number of phenolic OH excluding ortho intramolecular Hbond substituents is 1. The van der Waals surface area contributed by atoms with Crippen LogP contribution in [0.1, 0.15) is 31.9 Å². The van der Waals surface area contributed by atoms with Crippen molar-refractivity contribution in [2.75, 3.05) is 13.1 Å². The van der Waals surface area contributed by atoms with Gasteiger partial charge in [-0.2, -0.15) is 0 Å². The van der Waals surface area contributed by atoms with Crippen LogP contribution in [0.4, 0.5) is 0 Å². The fourth-order valence-electron chi connectivity index (χ4n) is 1.76. The molecule has 1 aromatic carbocycles. The van der Waals surface area contributed by atoms with E-state index in [0.29, 0.717) is 13.1 Å². The number of hydrogen-bond acceptors (Lipinski definition) is 3. The van der Waals surface area contributed by atoms with E-state index in [9.17, 15) is 9.90 Å². The first kappa shape index (κ1) is 15.0. The van der Waals surface area contributed by atoms with Gasteiger partial charge in [0.05, 0.1) is 0 Å². The van der Waals surface area contributed by atoms with Gasteiger partial charge in [-0.05, 0) is 24.6 Å². The topological polar surface area (TPSA) is 61.4 Å². The Balaban J connectivity index is 2.59. The molecule has 0 bridgehead atoms. The minimum absolute atomic E-state index is 0.0323. The quantitative estimate of drug-likeness (QED) is 0.706. The molecule has 0 fully saturated rings. The van der Waals surface area contributed by atoms with Gasteiger partial charge in [-0.15, -0.1) is 0 Å². The number of phenols is 1. The molecule has 0 spiro atoms. The van der Waals surface area contributed by atoms with Gasteiger partial charge in [0.2, 0.25) is 5.91 Å². The van der Waals surface area contributed by atoms with Gasteiger partial charge in [-0.3, -0.25) is 4.79 Å². The number of aromatic hydroxyl groups is 1. The summed E-state index contributed by atoms with van der Waals surface area (Å²) in [6.45, 7) is 4.80. The summed E-state index contributed by atoms with van der Waals surface area (Å²) in [5.41, 5.74) is 0.870. The predicted octanol–water partition coefficient (Wildman–Crippen LogP) is 2.33. The van der Waals surface area contributed by atoms with Gasteiger partial charge < -0.3 is 15.7 Å². The number of carbonyl (C=O) groups is 1. The van der Waals surface area contributed by atoms with Crippen LogP contribution in [0, 0.1) is 0 Å². The van der Waals surface area contributed by atoms with Crippen molar-refractivity contribution in [1.29, 1.82) is 0 Å². The van der Waals surface area contributed by atoms with Crippen molar-refractivity contribution < 1.29 is 9.90 Å². The first-order valence-corrected chi connectivity index (χ1v) is 6.80. The Kier molecular flexibility index (Phi) is 6.15. The Bertz CT molecular complexity index is 410. The minimum Gasteiger partial charge on any atom is -0.508 e. The van der Waals surface area contributed by atoms with E-state index in [1.165, 1.54) is 6.92 Å². The Morgan fingerprint density at radius 1 is 1.44 bits per heavy atom. The van der Waals surface area contributed by atoms with Gasteiger partial charge in [0.25, 0.3) is 0 Å². The smallest absolute Gasteiger partial charge is 0.216 e. The maximum atomic E-state index is 10.7. The molecule has 1 aromatic rings. The molecule has 1 unspecified atom stereocenters. The van der Waals surface area contributed by atoms with E-state index in [4.69, 9.17) is 0 Å². The Morgan fingerprint density at radius 3 is 2.78 bits per heavy atom. The van der Waals surface area contributed by atoms with Gasteiger partial charge in [0, 0.05) is 36.1 Å². The molecule has 1 atom stereocenters. The molecule has 5 heteroatoms. The predicted molar refractivity (Wildman–Crippen MR) is 75.5 cm³/mol. The molecule has 18 heavy (non-hydrogen) atoms. The van der Waals surface area contributed by atoms with Crippen LogP contribution in [0.2, 0.25) is 0 Å². The van der Waals surface area contributed by atoms with Crippen molar-refractivity contribution in [2.45, 2.75) is 26.3 Å². The molecule has 0 aromatic heterocycles. The molecule has 4 nitrogen and oxygen atoms in total. The van der Waals surface area contributed by atoms with Crippen molar-refractivity contribution in [3.8, 4) is 5.75 Å². The van der Waals surface area contributed by atoms with Gasteiger partial charge in [-0.1, -0.05) is 22.9 Å². The summed E-state index contributed by atoms with van der Waals surface area (Å²) in [4.78, 5) is 10.7. The van der Waals surface area contributed by atoms with Gasteiger partial charge in [0.15, 0.2) is 0 Å². The van der Waals surface area contributed by atoms with E-state index in [2.05, 4.69) is 33.5 Å². The van der Waals surface area contributed by atoms with Crippen LogP contribution in [0.5, 0.6) is 5.75 Å². The van der Waals surface area contributed by atoms with E-state index < -0.39 is 0 Å². The number of hydrogen-bond donors (Lipinski definition) is 3.